The third-order valence-electron chi connectivity index (χ3n) is 6.67. The van der Waals surface area contributed by atoms with Crippen LogP contribution in [0.3, 0.4) is 0 Å². The Bertz CT molecular complexity index is 1610. The fraction of sp³-hybridized carbons (Fsp3) is 0.133. The number of fused-ring (bicyclic) bond motifs is 1. The zero-order chi connectivity index (χ0) is 25.4. The van der Waals surface area contributed by atoms with Crippen LogP contribution in [0.2, 0.25) is 0 Å². The Morgan fingerprint density at radius 1 is 0.892 bits per heavy atom. The Balaban J connectivity index is 1.64. The fourth-order valence-corrected chi connectivity index (χ4v) is 4.92. The molecule has 0 saturated heterocycles. The Hall–Kier alpha value is -4.62. The van der Waals surface area contributed by atoms with Gasteiger partial charge in [-0.2, -0.15) is 0 Å². The summed E-state index contributed by atoms with van der Waals surface area (Å²) in [6.07, 6.45) is 7.61. The van der Waals surface area contributed by atoms with Crippen LogP contribution in [-0.4, -0.2) is 29.8 Å². The first kappa shape index (κ1) is 22.8. The van der Waals surface area contributed by atoms with Gasteiger partial charge in [0.05, 0.1) is 29.6 Å². The van der Waals surface area contributed by atoms with Gasteiger partial charge in [0.25, 0.3) is 0 Å². The van der Waals surface area contributed by atoms with Crippen molar-refractivity contribution in [1.82, 2.24) is 24.7 Å². The summed E-state index contributed by atoms with van der Waals surface area (Å²) in [6, 6.07) is 21.9. The standard InChI is InChI=1S/C30H25N5O2/c1-19-28(20(2)37-34-19)22-15-24-25(29(26-7-3-5-13-31-26)27-8-4-6-14-32-27)17-35(30(24)33-16-22)23-11-9-21(18-36)10-12-23/h3-17,29,36H,18H2,1-2H3. The van der Waals surface area contributed by atoms with Gasteiger partial charge in [-0.25, -0.2) is 4.98 Å². The summed E-state index contributed by atoms with van der Waals surface area (Å²) in [5.41, 5.74) is 8.19. The molecule has 5 heterocycles. The van der Waals surface area contributed by atoms with Gasteiger partial charge in [-0.15, -0.1) is 0 Å². The Labute approximate surface area is 214 Å². The van der Waals surface area contributed by atoms with Crippen LogP contribution >= 0.6 is 0 Å². The second-order valence-corrected chi connectivity index (χ2v) is 9.02. The molecule has 0 atom stereocenters. The van der Waals surface area contributed by atoms with E-state index in [0.717, 1.165) is 61.8 Å². The zero-order valence-electron chi connectivity index (χ0n) is 20.5. The predicted molar refractivity (Wildman–Crippen MR) is 141 cm³/mol. The molecule has 1 N–H and O–H groups in total. The van der Waals surface area contributed by atoms with E-state index in [0.29, 0.717) is 0 Å². The van der Waals surface area contributed by atoms with Gasteiger partial charge in [0, 0.05) is 47.0 Å². The number of aromatic nitrogens is 5. The van der Waals surface area contributed by atoms with Crippen molar-refractivity contribution in [1.29, 1.82) is 0 Å². The molecule has 0 unspecified atom stereocenters. The van der Waals surface area contributed by atoms with Crippen LogP contribution in [-0.2, 0) is 6.61 Å². The molecule has 0 saturated carbocycles. The smallest absolute Gasteiger partial charge is 0.144 e. The highest BCUT2D eigenvalue weighted by atomic mass is 16.5. The van der Waals surface area contributed by atoms with Gasteiger partial charge in [0.1, 0.15) is 11.4 Å². The molecule has 0 fully saturated rings. The minimum Gasteiger partial charge on any atom is -0.392 e. The molecule has 6 aromatic rings. The van der Waals surface area contributed by atoms with Crippen LogP contribution < -0.4 is 0 Å². The lowest BCUT2D eigenvalue weighted by Crippen LogP contribution is -2.07. The average molecular weight is 488 g/mol. The van der Waals surface area contributed by atoms with Crippen LogP contribution in [0, 0.1) is 13.8 Å². The second kappa shape index (κ2) is 9.44. The highest BCUT2D eigenvalue weighted by molar-refractivity contribution is 5.88. The monoisotopic (exact) mass is 487 g/mol. The van der Waals surface area contributed by atoms with Crippen molar-refractivity contribution in [3.63, 3.8) is 0 Å². The number of aliphatic hydroxyl groups is 1. The minimum atomic E-state index is -0.204. The van der Waals surface area contributed by atoms with Gasteiger partial charge in [-0.05, 0) is 67.4 Å². The van der Waals surface area contributed by atoms with Gasteiger partial charge in [-0.1, -0.05) is 29.4 Å². The summed E-state index contributed by atoms with van der Waals surface area (Å²) in [6.45, 7) is 3.85. The molecule has 0 aliphatic heterocycles. The molecule has 6 rings (SSSR count). The Kier molecular flexibility index (Phi) is 5.82. The van der Waals surface area contributed by atoms with E-state index in [1.807, 2.05) is 93.1 Å². The Morgan fingerprint density at radius 3 is 2.16 bits per heavy atom. The van der Waals surface area contributed by atoms with Gasteiger partial charge in [0.2, 0.25) is 0 Å². The Morgan fingerprint density at radius 2 is 1.59 bits per heavy atom. The van der Waals surface area contributed by atoms with E-state index in [4.69, 9.17) is 19.5 Å². The molecule has 182 valence electrons. The van der Waals surface area contributed by atoms with Crippen molar-refractivity contribution in [2.24, 2.45) is 0 Å². The molecular formula is C30H25N5O2. The molecule has 0 radical (unpaired) electrons. The fourth-order valence-electron chi connectivity index (χ4n) is 4.92. The van der Waals surface area contributed by atoms with E-state index < -0.39 is 0 Å². The van der Waals surface area contributed by atoms with Crippen molar-refractivity contribution in [3.05, 3.63) is 125 Å². The van der Waals surface area contributed by atoms with Gasteiger partial charge >= 0.3 is 0 Å². The molecule has 0 aliphatic rings. The first-order valence-electron chi connectivity index (χ1n) is 12.1. The number of pyridine rings is 3. The van der Waals surface area contributed by atoms with E-state index in [-0.39, 0.29) is 12.5 Å². The van der Waals surface area contributed by atoms with Crippen molar-refractivity contribution in [2.45, 2.75) is 26.4 Å². The number of rotatable bonds is 6. The first-order valence-corrected chi connectivity index (χ1v) is 12.1. The molecule has 5 aromatic heterocycles. The third-order valence-corrected chi connectivity index (χ3v) is 6.67. The maximum absolute atomic E-state index is 9.52. The van der Waals surface area contributed by atoms with Crippen molar-refractivity contribution in [3.8, 4) is 16.8 Å². The quantitative estimate of drug-likeness (QED) is 0.321. The molecule has 0 spiro atoms. The molecule has 0 amide bonds. The SMILES string of the molecule is Cc1noc(C)c1-c1cnc2c(c1)c(C(c1ccccn1)c1ccccn1)cn2-c1ccc(CO)cc1. The molecule has 1 aromatic carbocycles. The predicted octanol–water partition coefficient (Wildman–Crippen LogP) is 5.76. The summed E-state index contributed by atoms with van der Waals surface area (Å²) >= 11 is 0. The molecular weight excluding hydrogens is 462 g/mol. The first-order chi connectivity index (χ1) is 18.1. The molecule has 7 heteroatoms. The molecule has 37 heavy (non-hydrogen) atoms. The van der Waals surface area contributed by atoms with Crippen molar-refractivity contribution >= 4 is 11.0 Å². The zero-order valence-corrected chi connectivity index (χ0v) is 20.5. The number of aryl methyl sites for hydroxylation is 2. The lowest BCUT2D eigenvalue weighted by Gasteiger charge is -2.16. The number of aliphatic hydroxyl groups excluding tert-OH is 1. The van der Waals surface area contributed by atoms with E-state index >= 15 is 0 Å². The van der Waals surface area contributed by atoms with Crippen LogP contribution in [0.1, 0.15) is 39.9 Å². The normalized spacial score (nSPS) is 11.5. The maximum atomic E-state index is 9.52. The topological polar surface area (TPSA) is 89.9 Å². The number of hydrogen-bond acceptors (Lipinski definition) is 6. The average Bonchev–Trinajstić information content (AvgIpc) is 3.49. The summed E-state index contributed by atoms with van der Waals surface area (Å²) in [5, 5.41) is 14.7. The highest BCUT2D eigenvalue weighted by Gasteiger charge is 2.26. The molecule has 0 aliphatic carbocycles. The minimum absolute atomic E-state index is 0.00156. The summed E-state index contributed by atoms with van der Waals surface area (Å²) < 4.78 is 7.54. The number of nitrogens with zero attached hydrogens (tertiary/aromatic N) is 5. The summed E-state index contributed by atoms with van der Waals surface area (Å²) in [4.78, 5) is 14.4. The van der Waals surface area contributed by atoms with Crippen LogP contribution in [0.5, 0.6) is 0 Å². The van der Waals surface area contributed by atoms with Crippen LogP contribution in [0.25, 0.3) is 27.8 Å². The van der Waals surface area contributed by atoms with E-state index in [9.17, 15) is 5.11 Å². The van der Waals surface area contributed by atoms with Gasteiger partial charge in [0.15, 0.2) is 0 Å². The number of hydrogen-bond donors (Lipinski definition) is 1. The van der Waals surface area contributed by atoms with E-state index in [1.54, 1.807) is 0 Å². The molecule has 0 bridgehead atoms. The van der Waals surface area contributed by atoms with Crippen LogP contribution in [0.15, 0.2) is 96.0 Å². The summed E-state index contributed by atoms with van der Waals surface area (Å²) in [5.74, 6) is 0.551. The maximum Gasteiger partial charge on any atom is 0.144 e. The van der Waals surface area contributed by atoms with E-state index in [2.05, 4.69) is 22.0 Å². The lowest BCUT2D eigenvalue weighted by molar-refractivity contribution is 0.282. The largest absolute Gasteiger partial charge is 0.392 e. The van der Waals surface area contributed by atoms with Gasteiger partial charge in [-0.3, -0.25) is 9.97 Å². The lowest BCUT2D eigenvalue weighted by atomic mass is 9.91. The molecule has 7 nitrogen and oxygen atoms in total. The second-order valence-electron chi connectivity index (χ2n) is 9.02. The van der Waals surface area contributed by atoms with E-state index in [1.165, 1.54) is 0 Å². The van der Waals surface area contributed by atoms with Crippen molar-refractivity contribution in [2.75, 3.05) is 0 Å². The van der Waals surface area contributed by atoms with Crippen LogP contribution in [0.4, 0.5) is 0 Å². The highest BCUT2D eigenvalue weighted by Crippen LogP contribution is 2.38. The van der Waals surface area contributed by atoms with Crippen molar-refractivity contribution < 1.29 is 9.63 Å². The third kappa shape index (κ3) is 4.09. The number of benzene rings is 1. The van der Waals surface area contributed by atoms with Gasteiger partial charge < -0.3 is 14.2 Å². The summed E-state index contributed by atoms with van der Waals surface area (Å²) in [7, 11) is 0.